The van der Waals surface area contributed by atoms with Crippen LogP contribution in [-0.4, -0.2) is 11.8 Å². The highest BCUT2D eigenvalue weighted by atomic mass is 16.6. The molecule has 0 saturated carbocycles. The highest BCUT2D eigenvalue weighted by Gasteiger charge is 2.08. The van der Waals surface area contributed by atoms with Crippen molar-refractivity contribution in [3.63, 3.8) is 0 Å². The van der Waals surface area contributed by atoms with E-state index in [1.165, 1.54) is 0 Å². The molecule has 0 fully saturated rings. The summed E-state index contributed by atoms with van der Waals surface area (Å²) < 4.78 is 0. The summed E-state index contributed by atoms with van der Waals surface area (Å²) in [6.07, 6.45) is 5.45. The van der Waals surface area contributed by atoms with Crippen LogP contribution in [0.1, 0.15) is 5.56 Å². The molecule has 1 aliphatic rings. The Balaban J connectivity index is 2.16. The standard InChI is InChI=1S/C13H11NO/c1-2-6-12-9-10-13(14-15-12)11-7-4-3-5-8-11/h3-10,12H,1H2. The lowest BCUT2D eigenvalue weighted by Crippen LogP contribution is -2.11. The third-order valence-corrected chi connectivity index (χ3v) is 2.07. The van der Waals surface area contributed by atoms with Crippen molar-refractivity contribution in [1.82, 2.24) is 0 Å². The van der Waals surface area contributed by atoms with Gasteiger partial charge in [0.05, 0.1) is 0 Å². The van der Waals surface area contributed by atoms with Gasteiger partial charge in [-0.15, -0.1) is 5.73 Å². The van der Waals surface area contributed by atoms with Gasteiger partial charge < -0.3 is 4.84 Å². The SMILES string of the molecule is C=C=CC1C=CC(c2ccccc2)=NO1. The molecule has 2 rings (SSSR count). The summed E-state index contributed by atoms with van der Waals surface area (Å²) in [5, 5.41) is 4.03. The lowest BCUT2D eigenvalue weighted by molar-refractivity contribution is 0.122. The summed E-state index contributed by atoms with van der Waals surface area (Å²) in [6, 6.07) is 9.91. The molecular weight excluding hydrogens is 186 g/mol. The Kier molecular flexibility index (Phi) is 2.82. The number of benzene rings is 1. The van der Waals surface area contributed by atoms with Crippen LogP contribution in [0.2, 0.25) is 0 Å². The van der Waals surface area contributed by atoms with Crippen LogP contribution in [0.3, 0.4) is 0 Å². The maximum atomic E-state index is 5.23. The molecule has 15 heavy (non-hydrogen) atoms. The van der Waals surface area contributed by atoms with Crippen molar-refractivity contribution in [2.75, 3.05) is 0 Å². The Hall–Kier alpha value is -2.05. The molecule has 2 heteroatoms. The van der Waals surface area contributed by atoms with E-state index in [1.807, 2.05) is 42.5 Å². The Bertz CT molecular complexity index is 439. The zero-order valence-electron chi connectivity index (χ0n) is 8.26. The fraction of sp³-hybridized carbons (Fsp3) is 0.0769. The van der Waals surface area contributed by atoms with Crippen molar-refractivity contribution < 1.29 is 4.84 Å². The maximum Gasteiger partial charge on any atom is 0.171 e. The van der Waals surface area contributed by atoms with E-state index in [9.17, 15) is 0 Å². The first-order valence-electron chi connectivity index (χ1n) is 4.73. The van der Waals surface area contributed by atoms with Crippen molar-refractivity contribution in [3.8, 4) is 0 Å². The lowest BCUT2D eigenvalue weighted by Gasteiger charge is -2.11. The first kappa shape index (κ1) is 9.50. The number of nitrogens with zero attached hydrogens (tertiary/aromatic N) is 1. The van der Waals surface area contributed by atoms with Crippen molar-refractivity contribution >= 4 is 5.71 Å². The van der Waals surface area contributed by atoms with Gasteiger partial charge in [-0.3, -0.25) is 0 Å². The van der Waals surface area contributed by atoms with E-state index in [4.69, 9.17) is 4.84 Å². The smallest absolute Gasteiger partial charge is 0.171 e. The van der Waals surface area contributed by atoms with Gasteiger partial charge in [-0.05, 0) is 12.2 Å². The van der Waals surface area contributed by atoms with Crippen LogP contribution in [0, 0.1) is 0 Å². The van der Waals surface area contributed by atoms with Crippen molar-refractivity contribution in [2.24, 2.45) is 5.16 Å². The second kappa shape index (κ2) is 4.45. The quantitative estimate of drug-likeness (QED) is 0.668. The van der Waals surface area contributed by atoms with Crippen molar-refractivity contribution in [3.05, 3.63) is 66.4 Å². The molecule has 0 saturated heterocycles. The molecular formula is C13H11NO. The van der Waals surface area contributed by atoms with Gasteiger partial charge in [0.2, 0.25) is 0 Å². The number of oxime groups is 1. The predicted molar refractivity (Wildman–Crippen MR) is 60.7 cm³/mol. The van der Waals surface area contributed by atoms with Crippen molar-refractivity contribution in [1.29, 1.82) is 0 Å². The average Bonchev–Trinajstić information content (AvgIpc) is 2.32. The molecule has 1 aromatic rings. The molecule has 0 spiro atoms. The molecule has 0 aromatic heterocycles. The van der Waals surface area contributed by atoms with E-state index < -0.39 is 0 Å². The average molecular weight is 197 g/mol. The molecule has 1 atom stereocenters. The number of hydrogen-bond donors (Lipinski definition) is 0. The van der Waals surface area contributed by atoms with Crippen LogP contribution in [0.25, 0.3) is 0 Å². The van der Waals surface area contributed by atoms with Crippen LogP contribution in [0.15, 0.2) is 66.0 Å². The molecule has 0 aliphatic carbocycles. The predicted octanol–water partition coefficient (Wildman–Crippen LogP) is 2.69. The Morgan fingerprint density at radius 2 is 2.13 bits per heavy atom. The molecule has 2 nitrogen and oxygen atoms in total. The van der Waals surface area contributed by atoms with Gasteiger partial charge in [0, 0.05) is 11.6 Å². The van der Waals surface area contributed by atoms with E-state index in [-0.39, 0.29) is 6.10 Å². The zero-order chi connectivity index (χ0) is 10.5. The largest absolute Gasteiger partial charge is 0.383 e. The normalized spacial score (nSPS) is 18.7. The fourth-order valence-corrected chi connectivity index (χ4v) is 1.33. The minimum atomic E-state index is -0.144. The van der Waals surface area contributed by atoms with Crippen LogP contribution in [-0.2, 0) is 4.84 Å². The molecule has 1 heterocycles. The lowest BCUT2D eigenvalue weighted by atomic mass is 10.1. The third kappa shape index (κ3) is 2.25. The number of rotatable bonds is 2. The van der Waals surface area contributed by atoms with Gasteiger partial charge in [-0.2, -0.15) is 0 Å². The summed E-state index contributed by atoms with van der Waals surface area (Å²) in [6.45, 7) is 3.49. The summed E-state index contributed by atoms with van der Waals surface area (Å²) >= 11 is 0. The van der Waals surface area contributed by atoms with Gasteiger partial charge in [0.25, 0.3) is 0 Å². The molecule has 0 N–H and O–H groups in total. The summed E-state index contributed by atoms with van der Waals surface area (Å²) in [7, 11) is 0. The molecule has 0 radical (unpaired) electrons. The van der Waals surface area contributed by atoms with E-state index in [0.717, 1.165) is 11.3 Å². The second-order valence-corrected chi connectivity index (χ2v) is 3.14. The van der Waals surface area contributed by atoms with Gasteiger partial charge in [0.15, 0.2) is 6.10 Å². The first-order valence-corrected chi connectivity index (χ1v) is 4.73. The number of hydrogen-bond acceptors (Lipinski definition) is 2. The molecule has 1 aliphatic heterocycles. The Labute approximate surface area is 88.9 Å². The van der Waals surface area contributed by atoms with Crippen molar-refractivity contribution in [2.45, 2.75) is 6.10 Å². The van der Waals surface area contributed by atoms with Crippen LogP contribution in [0.4, 0.5) is 0 Å². The molecule has 0 amide bonds. The van der Waals surface area contributed by atoms with Gasteiger partial charge >= 0.3 is 0 Å². The van der Waals surface area contributed by atoms with Gasteiger partial charge in [0.1, 0.15) is 5.71 Å². The van der Waals surface area contributed by atoms with Crippen LogP contribution in [0.5, 0.6) is 0 Å². The minimum Gasteiger partial charge on any atom is -0.383 e. The molecule has 1 unspecified atom stereocenters. The number of allylic oxidation sites excluding steroid dienone is 1. The fourth-order valence-electron chi connectivity index (χ4n) is 1.33. The highest BCUT2D eigenvalue weighted by molar-refractivity contribution is 6.08. The van der Waals surface area contributed by atoms with E-state index in [2.05, 4.69) is 17.5 Å². The first-order chi connectivity index (χ1) is 7.40. The van der Waals surface area contributed by atoms with Crippen LogP contribution < -0.4 is 0 Å². The van der Waals surface area contributed by atoms with Gasteiger partial charge in [-0.1, -0.05) is 42.1 Å². The zero-order valence-corrected chi connectivity index (χ0v) is 8.26. The van der Waals surface area contributed by atoms with Crippen LogP contribution >= 0.6 is 0 Å². The second-order valence-electron chi connectivity index (χ2n) is 3.14. The van der Waals surface area contributed by atoms with E-state index in [0.29, 0.717) is 0 Å². The molecule has 0 bridgehead atoms. The highest BCUT2D eigenvalue weighted by Crippen LogP contribution is 2.10. The third-order valence-electron chi connectivity index (χ3n) is 2.07. The summed E-state index contributed by atoms with van der Waals surface area (Å²) in [5.41, 5.74) is 4.56. The van der Waals surface area contributed by atoms with E-state index in [1.54, 1.807) is 6.08 Å². The monoisotopic (exact) mass is 197 g/mol. The Morgan fingerprint density at radius 1 is 1.33 bits per heavy atom. The maximum absolute atomic E-state index is 5.23. The van der Waals surface area contributed by atoms with E-state index >= 15 is 0 Å². The minimum absolute atomic E-state index is 0.144. The molecule has 1 aromatic carbocycles. The van der Waals surface area contributed by atoms with Gasteiger partial charge in [-0.25, -0.2) is 0 Å². The summed E-state index contributed by atoms with van der Waals surface area (Å²) in [4.78, 5) is 5.23. The summed E-state index contributed by atoms with van der Waals surface area (Å²) in [5.74, 6) is 0. The topological polar surface area (TPSA) is 21.6 Å². The molecule has 74 valence electrons. The Morgan fingerprint density at radius 3 is 2.73 bits per heavy atom.